The highest BCUT2D eigenvalue weighted by Crippen LogP contribution is 2.23. The van der Waals surface area contributed by atoms with Gasteiger partial charge in [0.2, 0.25) is 15.8 Å². The van der Waals surface area contributed by atoms with Crippen LogP contribution in [0.2, 0.25) is 0 Å². The summed E-state index contributed by atoms with van der Waals surface area (Å²) >= 11 is 3.41. The second-order valence-electron chi connectivity index (χ2n) is 4.80. The lowest BCUT2D eigenvalue weighted by molar-refractivity contribution is 0.592. The van der Waals surface area contributed by atoms with Gasteiger partial charge in [0.05, 0.1) is 0 Å². The minimum absolute atomic E-state index is 0.0838. The van der Waals surface area contributed by atoms with Crippen molar-refractivity contribution in [2.24, 2.45) is 0 Å². The number of anilines is 1. The first kappa shape index (κ1) is 14.9. The first-order valence-electron chi connectivity index (χ1n) is 6.12. The fraction of sp³-hybridized carbons (Fsp3) is 0.167. The SMILES string of the molecule is Cc1cc(Br)cc(-c2nc3nc(S(C)(=O)=O)nc(N)n3n2)c1. The van der Waals surface area contributed by atoms with E-state index in [0.717, 1.165) is 21.9 Å². The molecule has 2 heterocycles. The Bertz CT molecular complexity index is 978. The number of benzene rings is 1. The third kappa shape index (κ3) is 2.66. The molecule has 0 spiro atoms. The van der Waals surface area contributed by atoms with Crippen LogP contribution in [-0.2, 0) is 9.84 Å². The first-order chi connectivity index (χ1) is 10.2. The van der Waals surface area contributed by atoms with Crippen LogP contribution in [0.4, 0.5) is 5.95 Å². The number of fused-ring (bicyclic) bond motifs is 1. The summed E-state index contributed by atoms with van der Waals surface area (Å²) in [6.07, 6.45) is 1.01. The van der Waals surface area contributed by atoms with E-state index in [-0.39, 0.29) is 16.9 Å². The molecule has 0 bridgehead atoms. The predicted octanol–water partition coefficient (Wildman–Crippen LogP) is 1.24. The lowest BCUT2D eigenvalue weighted by atomic mass is 10.1. The molecule has 10 heteroatoms. The minimum atomic E-state index is -3.58. The van der Waals surface area contributed by atoms with Crippen LogP contribution in [0.25, 0.3) is 17.2 Å². The van der Waals surface area contributed by atoms with Gasteiger partial charge in [-0.15, -0.1) is 5.10 Å². The number of hydrogen-bond acceptors (Lipinski definition) is 7. The van der Waals surface area contributed by atoms with E-state index in [0.29, 0.717) is 5.82 Å². The van der Waals surface area contributed by atoms with Gasteiger partial charge in [-0.2, -0.15) is 19.5 Å². The summed E-state index contributed by atoms with van der Waals surface area (Å²) in [6, 6.07) is 5.71. The maximum absolute atomic E-state index is 11.6. The van der Waals surface area contributed by atoms with Crippen LogP contribution < -0.4 is 5.73 Å². The van der Waals surface area contributed by atoms with Crippen molar-refractivity contribution in [1.29, 1.82) is 0 Å². The van der Waals surface area contributed by atoms with Crippen LogP contribution in [0.3, 0.4) is 0 Å². The molecule has 8 nitrogen and oxygen atoms in total. The highest BCUT2D eigenvalue weighted by atomic mass is 79.9. The number of rotatable bonds is 2. The second kappa shape index (κ2) is 4.99. The Hall–Kier alpha value is -2.07. The topological polar surface area (TPSA) is 116 Å². The van der Waals surface area contributed by atoms with Crippen LogP contribution in [-0.4, -0.2) is 39.2 Å². The molecule has 0 fully saturated rings. The van der Waals surface area contributed by atoms with E-state index >= 15 is 0 Å². The zero-order chi connectivity index (χ0) is 16.1. The molecule has 0 amide bonds. The van der Waals surface area contributed by atoms with Gasteiger partial charge in [0, 0.05) is 16.3 Å². The Labute approximate surface area is 134 Å². The van der Waals surface area contributed by atoms with Crippen LogP contribution in [0.5, 0.6) is 0 Å². The molecule has 0 atom stereocenters. The third-order valence-electron chi connectivity index (χ3n) is 2.84. The summed E-state index contributed by atoms with van der Waals surface area (Å²) in [7, 11) is -3.58. The van der Waals surface area contributed by atoms with Gasteiger partial charge in [-0.1, -0.05) is 15.9 Å². The predicted molar refractivity (Wildman–Crippen MR) is 84.0 cm³/mol. The van der Waals surface area contributed by atoms with Crippen LogP contribution in [0.1, 0.15) is 5.56 Å². The van der Waals surface area contributed by atoms with Gasteiger partial charge in [-0.3, -0.25) is 0 Å². The van der Waals surface area contributed by atoms with Crippen molar-refractivity contribution in [3.63, 3.8) is 0 Å². The standard InChI is InChI=1S/C12H11BrN6O2S/c1-6-3-7(5-8(13)4-6)9-15-11-17-12(22(2,20)21)16-10(14)19(11)18-9/h3-5H,1-2H3,(H2,14,15,16,17,18). The maximum Gasteiger partial charge on any atom is 0.258 e. The number of nitrogen functional groups attached to an aromatic ring is 1. The van der Waals surface area contributed by atoms with Crippen molar-refractivity contribution in [3.8, 4) is 11.4 Å². The quantitative estimate of drug-likeness (QED) is 0.708. The summed E-state index contributed by atoms with van der Waals surface area (Å²) in [4.78, 5) is 11.9. The summed E-state index contributed by atoms with van der Waals surface area (Å²) in [5.74, 6) is 0.382. The number of sulfone groups is 1. The average Bonchev–Trinajstić information content (AvgIpc) is 2.81. The van der Waals surface area contributed by atoms with E-state index in [1.165, 1.54) is 4.52 Å². The molecule has 0 saturated heterocycles. The molecule has 3 aromatic rings. The van der Waals surface area contributed by atoms with Crippen LogP contribution in [0.15, 0.2) is 27.8 Å². The molecule has 0 unspecified atom stereocenters. The largest absolute Gasteiger partial charge is 0.368 e. The summed E-state index contributed by atoms with van der Waals surface area (Å²) in [5, 5.41) is 3.85. The zero-order valence-electron chi connectivity index (χ0n) is 11.6. The van der Waals surface area contributed by atoms with Crippen molar-refractivity contribution in [2.75, 3.05) is 12.0 Å². The van der Waals surface area contributed by atoms with Gasteiger partial charge in [0.15, 0.2) is 5.82 Å². The summed E-state index contributed by atoms with van der Waals surface area (Å²) < 4.78 is 25.2. The van der Waals surface area contributed by atoms with Gasteiger partial charge in [-0.05, 0) is 30.7 Å². The highest BCUT2D eigenvalue weighted by Gasteiger charge is 2.17. The molecular formula is C12H11BrN6O2S. The molecule has 0 saturated carbocycles. The average molecular weight is 383 g/mol. The van der Waals surface area contributed by atoms with Crippen LogP contribution >= 0.6 is 15.9 Å². The van der Waals surface area contributed by atoms with Gasteiger partial charge in [0.25, 0.3) is 10.9 Å². The molecule has 114 valence electrons. The second-order valence-corrected chi connectivity index (χ2v) is 7.63. The van der Waals surface area contributed by atoms with E-state index in [4.69, 9.17) is 5.73 Å². The van der Waals surface area contributed by atoms with Crippen molar-refractivity contribution in [3.05, 3.63) is 28.2 Å². The number of nitrogens with zero attached hydrogens (tertiary/aromatic N) is 5. The van der Waals surface area contributed by atoms with E-state index in [1.807, 2.05) is 25.1 Å². The first-order valence-corrected chi connectivity index (χ1v) is 8.80. The molecule has 3 rings (SSSR count). The third-order valence-corrected chi connectivity index (χ3v) is 4.15. The zero-order valence-corrected chi connectivity index (χ0v) is 14.1. The smallest absolute Gasteiger partial charge is 0.258 e. The molecule has 1 aromatic carbocycles. The highest BCUT2D eigenvalue weighted by molar-refractivity contribution is 9.10. The Morgan fingerprint density at radius 1 is 1.18 bits per heavy atom. The van der Waals surface area contributed by atoms with Gasteiger partial charge >= 0.3 is 0 Å². The van der Waals surface area contributed by atoms with Gasteiger partial charge < -0.3 is 5.73 Å². The van der Waals surface area contributed by atoms with Gasteiger partial charge in [-0.25, -0.2) is 8.42 Å². The molecule has 22 heavy (non-hydrogen) atoms. The lowest BCUT2D eigenvalue weighted by Crippen LogP contribution is -2.11. The molecule has 0 aliphatic heterocycles. The number of halogens is 1. The number of aryl methyl sites for hydroxylation is 1. The minimum Gasteiger partial charge on any atom is -0.368 e. The molecule has 2 aromatic heterocycles. The molecule has 0 aliphatic rings. The molecular weight excluding hydrogens is 372 g/mol. The monoisotopic (exact) mass is 382 g/mol. The van der Waals surface area contributed by atoms with Crippen molar-refractivity contribution in [1.82, 2.24) is 24.6 Å². The van der Waals surface area contributed by atoms with Crippen molar-refractivity contribution >= 4 is 37.5 Å². The molecule has 0 aliphatic carbocycles. The Balaban J connectivity index is 2.24. The van der Waals surface area contributed by atoms with Crippen molar-refractivity contribution < 1.29 is 8.42 Å². The summed E-state index contributed by atoms with van der Waals surface area (Å²) in [6.45, 7) is 1.94. The maximum atomic E-state index is 11.6. The fourth-order valence-electron chi connectivity index (χ4n) is 1.94. The van der Waals surface area contributed by atoms with Crippen LogP contribution in [0, 0.1) is 6.92 Å². The Kier molecular flexibility index (Phi) is 3.37. The van der Waals surface area contributed by atoms with E-state index in [2.05, 4.69) is 36.0 Å². The van der Waals surface area contributed by atoms with Crippen molar-refractivity contribution in [2.45, 2.75) is 12.1 Å². The molecule has 2 N–H and O–H groups in total. The number of hydrogen-bond donors (Lipinski definition) is 1. The fourth-order valence-corrected chi connectivity index (χ4v) is 3.05. The van der Waals surface area contributed by atoms with E-state index in [9.17, 15) is 8.42 Å². The number of aromatic nitrogens is 5. The Morgan fingerprint density at radius 3 is 2.55 bits per heavy atom. The number of nitrogens with two attached hydrogens (primary N) is 1. The summed E-state index contributed by atoms with van der Waals surface area (Å²) in [5.41, 5.74) is 7.53. The van der Waals surface area contributed by atoms with E-state index in [1.54, 1.807) is 0 Å². The van der Waals surface area contributed by atoms with Gasteiger partial charge in [0.1, 0.15) is 0 Å². The Morgan fingerprint density at radius 2 is 1.91 bits per heavy atom. The normalized spacial score (nSPS) is 12.0. The lowest BCUT2D eigenvalue weighted by Gasteiger charge is -1.99. The van der Waals surface area contributed by atoms with E-state index < -0.39 is 9.84 Å². The molecule has 0 radical (unpaired) electrons.